The Kier molecular flexibility index (Phi) is 4.69. The van der Waals surface area contributed by atoms with Gasteiger partial charge in [0, 0.05) is 25.5 Å². The van der Waals surface area contributed by atoms with Crippen LogP contribution in [0.5, 0.6) is 5.75 Å². The summed E-state index contributed by atoms with van der Waals surface area (Å²) in [7, 11) is -6.88. The lowest BCUT2D eigenvalue weighted by Gasteiger charge is -2.31. The van der Waals surface area contributed by atoms with Gasteiger partial charge in [-0.3, -0.25) is 4.72 Å². The van der Waals surface area contributed by atoms with Crippen molar-refractivity contribution in [3.63, 3.8) is 0 Å². The fourth-order valence-corrected chi connectivity index (χ4v) is 5.16. The second-order valence-electron chi connectivity index (χ2n) is 6.39. The highest BCUT2D eigenvalue weighted by molar-refractivity contribution is 7.91. The van der Waals surface area contributed by atoms with E-state index in [1.807, 2.05) is 0 Å². The van der Waals surface area contributed by atoms with E-state index < -0.39 is 20.2 Å². The summed E-state index contributed by atoms with van der Waals surface area (Å²) in [6.07, 6.45) is 6.18. The highest BCUT2D eigenvalue weighted by Gasteiger charge is 2.28. The van der Waals surface area contributed by atoms with Gasteiger partial charge in [0.15, 0.2) is 0 Å². The van der Waals surface area contributed by atoms with Crippen molar-refractivity contribution >= 4 is 25.9 Å². The third-order valence-electron chi connectivity index (χ3n) is 4.44. The molecule has 2 heterocycles. The third kappa shape index (κ3) is 3.91. The molecule has 0 bridgehead atoms. The first-order chi connectivity index (χ1) is 11.7. The Bertz CT molecular complexity index is 896. The Morgan fingerprint density at radius 2 is 2.12 bits per heavy atom. The Balaban J connectivity index is 1.74. The lowest BCUT2D eigenvalue weighted by Crippen LogP contribution is -2.39. The quantitative estimate of drug-likeness (QED) is 0.792. The van der Waals surface area contributed by atoms with Gasteiger partial charge < -0.3 is 5.11 Å². The number of anilines is 1. The number of phenols is 1. The minimum absolute atomic E-state index is 0.134. The van der Waals surface area contributed by atoms with Crippen LogP contribution in [0.15, 0.2) is 30.6 Å². The molecule has 1 fully saturated rings. The molecule has 2 aliphatic rings. The van der Waals surface area contributed by atoms with Gasteiger partial charge in [0.2, 0.25) is 10.0 Å². The fraction of sp³-hybridized carbons (Fsp3) is 0.467. The van der Waals surface area contributed by atoms with Crippen molar-refractivity contribution in [2.24, 2.45) is 5.92 Å². The molecule has 0 amide bonds. The molecular formula is C15H21N3O5S2. The SMILES string of the molecule is CS(=O)(=O)N1CCCC(Cc2ccc(N3C=CNS3(=O)=O)c(O)c2)C1. The molecule has 138 valence electrons. The normalized spacial score (nSPS) is 23.6. The molecule has 1 aromatic carbocycles. The maximum absolute atomic E-state index is 11.8. The molecular weight excluding hydrogens is 366 g/mol. The number of hydrogen-bond acceptors (Lipinski definition) is 5. The summed E-state index contributed by atoms with van der Waals surface area (Å²) in [4.78, 5) is 0. The number of piperidine rings is 1. The number of rotatable bonds is 4. The lowest BCUT2D eigenvalue weighted by atomic mass is 9.92. The third-order valence-corrected chi connectivity index (χ3v) is 6.98. The van der Waals surface area contributed by atoms with E-state index in [1.165, 1.54) is 29.0 Å². The van der Waals surface area contributed by atoms with Gasteiger partial charge in [-0.25, -0.2) is 17.0 Å². The van der Waals surface area contributed by atoms with Gasteiger partial charge in [0.1, 0.15) is 5.75 Å². The first kappa shape index (κ1) is 18.0. The summed E-state index contributed by atoms with van der Waals surface area (Å²) in [6, 6.07) is 4.85. The van der Waals surface area contributed by atoms with Crippen LogP contribution in [0.2, 0.25) is 0 Å². The molecule has 0 spiro atoms. The predicted molar refractivity (Wildman–Crippen MR) is 94.6 cm³/mol. The molecule has 1 aromatic rings. The van der Waals surface area contributed by atoms with Gasteiger partial charge >= 0.3 is 10.2 Å². The van der Waals surface area contributed by atoms with Crippen molar-refractivity contribution in [3.05, 3.63) is 36.2 Å². The van der Waals surface area contributed by atoms with Crippen LogP contribution in [-0.2, 0) is 26.7 Å². The molecule has 0 radical (unpaired) electrons. The van der Waals surface area contributed by atoms with E-state index in [1.54, 1.807) is 12.1 Å². The van der Waals surface area contributed by atoms with Crippen molar-refractivity contribution in [1.82, 2.24) is 9.03 Å². The predicted octanol–water partition coefficient (Wildman–Crippen LogP) is 0.732. The monoisotopic (exact) mass is 387 g/mol. The van der Waals surface area contributed by atoms with Gasteiger partial charge in [0.05, 0.1) is 11.9 Å². The van der Waals surface area contributed by atoms with E-state index >= 15 is 0 Å². The topological polar surface area (TPSA) is 107 Å². The molecule has 25 heavy (non-hydrogen) atoms. The standard InChI is InChI=1S/C15H21N3O5S2/c1-24(20,21)17-7-2-3-13(11-17)9-12-4-5-14(15(19)10-12)18-8-6-16-25(18,22)23/h4-6,8,10,13,16,19H,2-3,7,9,11H2,1H3. The number of phenolic OH excluding ortho intramolecular Hbond substituents is 1. The minimum Gasteiger partial charge on any atom is -0.506 e. The summed E-state index contributed by atoms with van der Waals surface area (Å²) in [5.74, 6) is 0.0380. The number of hydrogen-bond donors (Lipinski definition) is 2. The van der Waals surface area contributed by atoms with Crippen LogP contribution in [-0.4, -0.2) is 45.6 Å². The average Bonchev–Trinajstić information content (AvgIpc) is 2.86. The Labute approximate surface area is 148 Å². The maximum Gasteiger partial charge on any atom is 0.327 e. The number of nitrogens with zero attached hydrogens (tertiary/aromatic N) is 2. The van der Waals surface area contributed by atoms with Crippen LogP contribution in [0, 0.1) is 5.92 Å². The van der Waals surface area contributed by atoms with Crippen LogP contribution in [0.4, 0.5) is 5.69 Å². The van der Waals surface area contributed by atoms with Crippen LogP contribution in [0.3, 0.4) is 0 Å². The van der Waals surface area contributed by atoms with E-state index in [0.717, 1.165) is 22.7 Å². The Hall–Kier alpha value is -1.78. The van der Waals surface area contributed by atoms with Crippen LogP contribution < -0.4 is 9.03 Å². The van der Waals surface area contributed by atoms with E-state index in [0.29, 0.717) is 19.5 Å². The van der Waals surface area contributed by atoms with E-state index in [9.17, 15) is 21.9 Å². The second-order valence-corrected chi connectivity index (χ2v) is 9.95. The molecule has 10 heteroatoms. The molecule has 0 aromatic heterocycles. The molecule has 3 rings (SSSR count). The number of aromatic hydroxyl groups is 1. The first-order valence-electron chi connectivity index (χ1n) is 7.92. The van der Waals surface area contributed by atoms with Crippen molar-refractivity contribution < 1.29 is 21.9 Å². The zero-order valence-corrected chi connectivity index (χ0v) is 15.4. The lowest BCUT2D eigenvalue weighted by molar-refractivity contribution is 0.266. The molecule has 2 N–H and O–H groups in total. The van der Waals surface area contributed by atoms with Crippen molar-refractivity contribution in [2.75, 3.05) is 23.7 Å². The van der Waals surface area contributed by atoms with Crippen molar-refractivity contribution in [1.29, 1.82) is 0 Å². The molecule has 0 saturated carbocycles. The van der Waals surface area contributed by atoms with Gasteiger partial charge in [0.25, 0.3) is 0 Å². The molecule has 1 unspecified atom stereocenters. The number of sulfonamides is 1. The van der Waals surface area contributed by atoms with Crippen LogP contribution >= 0.6 is 0 Å². The number of nitrogens with one attached hydrogen (secondary N) is 1. The van der Waals surface area contributed by atoms with E-state index in [2.05, 4.69) is 4.72 Å². The second kappa shape index (κ2) is 6.50. The van der Waals surface area contributed by atoms with Crippen LogP contribution in [0.25, 0.3) is 0 Å². The Morgan fingerprint density at radius 1 is 1.36 bits per heavy atom. The fourth-order valence-electron chi connectivity index (χ4n) is 3.24. The molecule has 8 nitrogen and oxygen atoms in total. The van der Waals surface area contributed by atoms with Gasteiger partial charge in [-0.1, -0.05) is 6.07 Å². The molecule has 1 saturated heterocycles. The van der Waals surface area contributed by atoms with Gasteiger partial charge in [-0.15, -0.1) is 0 Å². The summed E-state index contributed by atoms with van der Waals surface area (Å²) < 4.78 is 51.7. The largest absolute Gasteiger partial charge is 0.506 e. The van der Waals surface area contributed by atoms with Crippen LogP contribution in [0.1, 0.15) is 18.4 Å². The highest BCUT2D eigenvalue weighted by Crippen LogP contribution is 2.33. The van der Waals surface area contributed by atoms with Crippen molar-refractivity contribution in [2.45, 2.75) is 19.3 Å². The zero-order valence-electron chi connectivity index (χ0n) is 13.8. The maximum atomic E-state index is 11.8. The average molecular weight is 387 g/mol. The summed E-state index contributed by atoms with van der Waals surface area (Å²) in [5.41, 5.74) is 1.02. The van der Waals surface area contributed by atoms with Gasteiger partial charge in [-0.2, -0.15) is 8.42 Å². The summed E-state index contributed by atoms with van der Waals surface area (Å²) in [6.45, 7) is 1.01. The van der Waals surface area contributed by atoms with Crippen molar-refractivity contribution in [3.8, 4) is 5.75 Å². The molecule has 0 aliphatic carbocycles. The zero-order chi connectivity index (χ0) is 18.2. The van der Waals surface area contributed by atoms with Gasteiger partial charge in [-0.05, 0) is 42.9 Å². The summed E-state index contributed by atoms with van der Waals surface area (Å²) >= 11 is 0. The highest BCUT2D eigenvalue weighted by atomic mass is 32.2. The first-order valence-corrected chi connectivity index (χ1v) is 11.2. The van der Waals surface area contributed by atoms with E-state index in [4.69, 9.17) is 0 Å². The Morgan fingerprint density at radius 3 is 2.72 bits per heavy atom. The molecule has 2 aliphatic heterocycles. The summed E-state index contributed by atoms with van der Waals surface area (Å²) in [5, 5.41) is 10.2. The smallest absolute Gasteiger partial charge is 0.327 e. The minimum atomic E-state index is -3.69. The van der Waals surface area contributed by atoms with E-state index in [-0.39, 0.29) is 17.4 Å². The number of benzene rings is 1. The molecule has 1 atom stereocenters.